The molecular formula is C12H24ClN5. The third-order valence-electron chi connectivity index (χ3n) is 3.88. The van der Waals surface area contributed by atoms with Crippen LogP contribution in [0.25, 0.3) is 0 Å². The van der Waals surface area contributed by atoms with E-state index in [9.17, 15) is 0 Å². The minimum atomic E-state index is 0. The molecule has 1 saturated carbocycles. The standard InChI is InChI=1S/C12H23N5.ClH/c1-4-17-9(2)15-16-11(17)7-14-12(3,8-13)10-5-6-10;/h10,14H,4-8,13H2,1-3H3;1H. The van der Waals surface area contributed by atoms with Gasteiger partial charge in [0, 0.05) is 18.6 Å². The molecule has 0 radical (unpaired) electrons. The van der Waals surface area contributed by atoms with E-state index in [1.807, 2.05) is 6.92 Å². The SMILES string of the molecule is CCn1c(C)nnc1CNC(C)(CN)C1CC1.Cl. The van der Waals surface area contributed by atoms with Gasteiger partial charge in [-0.15, -0.1) is 22.6 Å². The summed E-state index contributed by atoms with van der Waals surface area (Å²) in [7, 11) is 0. The van der Waals surface area contributed by atoms with Crippen LogP contribution in [-0.4, -0.2) is 26.8 Å². The monoisotopic (exact) mass is 273 g/mol. The Morgan fingerprint density at radius 3 is 2.61 bits per heavy atom. The van der Waals surface area contributed by atoms with Gasteiger partial charge in [0.1, 0.15) is 11.6 Å². The molecule has 5 nitrogen and oxygen atoms in total. The molecule has 2 rings (SSSR count). The molecule has 1 aliphatic carbocycles. The van der Waals surface area contributed by atoms with Crippen LogP contribution in [0.2, 0.25) is 0 Å². The third kappa shape index (κ3) is 3.02. The normalized spacial score (nSPS) is 18.2. The molecule has 1 heterocycles. The summed E-state index contributed by atoms with van der Waals surface area (Å²) in [4.78, 5) is 0. The first-order chi connectivity index (χ1) is 8.10. The summed E-state index contributed by atoms with van der Waals surface area (Å²) in [5.74, 6) is 2.71. The summed E-state index contributed by atoms with van der Waals surface area (Å²) in [5.41, 5.74) is 5.94. The number of aromatic nitrogens is 3. The average Bonchev–Trinajstić information content (AvgIpc) is 3.12. The first-order valence-corrected chi connectivity index (χ1v) is 6.44. The molecule has 104 valence electrons. The van der Waals surface area contributed by atoms with Crippen LogP contribution in [-0.2, 0) is 13.1 Å². The number of hydrogen-bond acceptors (Lipinski definition) is 4. The lowest BCUT2D eigenvalue weighted by Gasteiger charge is -2.29. The largest absolute Gasteiger partial charge is 0.329 e. The van der Waals surface area contributed by atoms with Crippen molar-refractivity contribution < 1.29 is 0 Å². The Morgan fingerprint density at radius 1 is 1.44 bits per heavy atom. The molecule has 1 aromatic heterocycles. The van der Waals surface area contributed by atoms with Gasteiger partial charge in [-0.3, -0.25) is 0 Å². The molecule has 0 aliphatic heterocycles. The van der Waals surface area contributed by atoms with Crippen molar-refractivity contribution in [3.63, 3.8) is 0 Å². The first-order valence-electron chi connectivity index (χ1n) is 6.44. The van der Waals surface area contributed by atoms with E-state index in [0.717, 1.165) is 30.7 Å². The van der Waals surface area contributed by atoms with Crippen LogP contribution in [0, 0.1) is 12.8 Å². The summed E-state index contributed by atoms with van der Waals surface area (Å²) in [5, 5.41) is 11.9. The van der Waals surface area contributed by atoms with Crippen LogP contribution in [0.3, 0.4) is 0 Å². The van der Waals surface area contributed by atoms with Gasteiger partial charge in [0.2, 0.25) is 0 Å². The number of rotatable bonds is 6. The number of hydrogen-bond donors (Lipinski definition) is 2. The van der Waals surface area contributed by atoms with Gasteiger partial charge in [0.25, 0.3) is 0 Å². The Bertz CT molecular complexity index is 388. The minimum Gasteiger partial charge on any atom is -0.329 e. The highest BCUT2D eigenvalue weighted by Crippen LogP contribution is 2.39. The molecule has 3 N–H and O–H groups in total. The molecule has 1 aromatic rings. The maximum absolute atomic E-state index is 5.88. The highest BCUT2D eigenvalue weighted by molar-refractivity contribution is 5.85. The second-order valence-electron chi connectivity index (χ2n) is 5.16. The van der Waals surface area contributed by atoms with Gasteiger partial charge in [0.15, 0.2) is 0 Å². The van der Waals surface area contributed by atoms with E-state index in [4.69, 9.17) is 5.73 Å². The molecule has 1 fully saturated rings. The van der Waals surface area contributed by atoms with Gasteiger partial charge in [-0.2, -0.15) is 0 Å². The van der Waals surface area contributed by atoms with Gasteiger partial charge < -0.3 is 15.6 Å². The van der Waals surface area contributed by atoms with E-state index in [1.165, 1.54) is 12.8 Å². The molecule has 6 heteroatoms. The van der Waals surface area contributed by atoms with Gasteiger partial charge >= 0.3 is 0 Å². The van der Waals surface area contributed by atoms with Crippen LogP contribution in [0.5, 0.6) is 0 Å². The molecule has 0 saturated heterocycles. The number of halogens is 1. The van der Waals surface area contributed by atoms with E-state index in [1.54, 1.807) is 0 Å². The smallest absolute Gasteiger partial charge is 0.147 e. The van der Waals surface area contributed by atoms with E-state index in [0.29, 0.717) is 6.54 Å². The number of nitrogens with two attached hydrogens (primary N) is 1. The lowest BCUT2D eigenvalue weighted by molar-refractivity contribution is 0.311. The van der Waals surface area contributed by atoms with Crippen molar-refractivity contribution in [2.24, 2.45) is 11.7 Å². The van der Waals surface area contributed by atoms with Crippen LogP contribution in [0.1, 0.15) is 38.3 Å². The van der Waals surface area contributed by atoms with E-state index in [-0.39, 0.29) is 17.9 Å². The summed E-state index contributed by atoms with van der Waals surface area (Å²) in [6.45, 7) is 8.66. The summed E-state index contributed by atoms with van der Waals surface area (Å²) >= 11 is 0. The molecule has 1 aliphatic rings. The second kappa shape index (κ2) is 5.99. The predicted molar refractivity (Wildman–Crippen MR) is 74.7 cm³/mol. The number of aryl methyl sites for hydroxylation is 1. The van der Waals surface area contributed by atoms with Gasteiger partial charge in [-0.05, 0) is 39.5 Å². The van der Waals surface area contributed by atoms with Crippen molar-refractivity contribution in [2.75, 3.05) is 6.54 Å². The van der Waals surface area contributed by atoms with Crippen LogP contribution in [0.15, 0.2) is 0 Å². The topological polar surface area (TPSA) is 68.8 Å². The van der Waals surface area contributed by atoms with E-state index >= 15 is 0 Å². The van der Waals surface area contributed by atoms with E-state index in [2.05, 4.69) is 33.9 Å². The Balaban J connectivity index is 0.00000162. The fourth-order valence-electron chi connectivity index (χ4n) is 2.35. The Morgan fingerprint density at radius 2 is 2.11 bits per heavy atom. The summed E-state index contributed by atoms with van der Waals surface area (Å²) in [6.07, 6.45) is 2.58. The molecule has 0 aromatic carbocycles. The highest BCUT2D eigenvalue weighted by atomic mass is 35.5. The zero-order valence-electron chi connectivity index (χ0n) is 11.4. The van der Waals surface area contributed by atoms with Crippen molar-refractivity contribution in [1.29, 1.82) is 0 Å². The average molecular weight is 274 g/mol. The maximum Gasteiger partial charge on any atom is 0.147 e. The zero-order chi connectivity index (χ0) is 12.5. The minimum absolute atomic E-state index is 0. The fraction of sp³-hybridized carbons (Fsp3) is 0.833. The quantitative estimate of drug-likeness (QED) is 0.818. The predicted octanol–water partition coefficient (Wildman–Crippen LogP) is 1.25. The van der Waals surface area contributed by atoms with Gasteiger partial charge in [-0.25, -0.2) is 0 Å². The molecule has 0 spiro atoms. The molecule has 1 atom stereocenters. The van der Waals surface area contributed by atoms with Crippen LogP contribution < -0.4 is 11.1 Å². The van der Waals surface area contributed by atoms with Gasteiger partial charge in [-0.1, -0.05) is 0 Å². The molecule has 1 unspecified atom stereocenters. The van der Waals surface area contributed by atoms with Crippen LogP contribution >= 0.6 is 12.4 Å². The van der Waals surface area contributed by atoms with E-state index < -0.39 is 0 Å². The third-order valence-corrected chi connectivity index (χ3v) is 3.88. The lowest BCUT2D eigenvalue weighted by Crippen LogP contribution is -2.50. The Kier molecular flexibility index (Phi) is 5.13. The summed E-state index contributed by atoms with van der Waals surface area (Å²) < 4.78 is 2.14. The number of nitrogens with zero attached hydrogens (tertiary/aromatic N) is 3. The molecule has 0 amide bonds. The van der Waals surface area contributed by atoms with Crippen molar-refractivity contribution in [2.45, 2.75) is 52.2 Å². The van der Waals surface area contributed by atoms with Crippen molar-refractivity contribution in [3.8, 4) is 0 Å². The second-order valence-corrected chi connectivity index (χ2v) is 5.16. The number of nitrogens with one attached hydrogen (secondary N) is 1. The maximum atomic E-state index is 5.88. The lowest BCUT2D eigenvalue weighted by atomic mass is 9.96. The van der Waals surface area contributed by atoms with Crippen molar-refractivity contribution >= 4 is 12.4 Å². The summed E-state index contributed by atoms with van der Waals surface area (Å²) in [6, 6.07) is 0. The van der Waals surface area contributed by atoms with Crippen molar-refractivity contribution in [3.05, 3.63) is 11.6 Å². The van der Waals surface area contributed by atoms with Crippen molar-refractivity contribution in [1.82, 2.24) is 20.1 Å². The molecular weight excluding hydrogens is 250 g/mol. The zero-order valence-corrected chi connectivity index (χ0v) is 12.3. The van der Waals surface area contributed by atoms with Crippen LogP contribution in [0.4, 0.5) is 0 Å². The molecule has 18 heavy (non-hydrogen) atoms. The fourth-order valence-corrected chi connectivity index (χ4v) is 2.35. The highest BCUT2D eigenvalue weighted by Gasteiger charge is 2.40. The first kappa shape index (κ1) is 15.4. The Labute approximate surface area is 115 Å². The molecule has 0 bridgehead atoms. The Hall–Kier alpha value is -0.650. The van der Waals surface area contributed by atoms with Gasteiger partial charge in [0.05, 0.1) is 6.54 Å².